The molecule has 0 aliphatic heterocycles. The Hall–Kier alpha value is -1.29. The summed E-state index contributed by atoms with van der Waals surface area (Å²) in [4.78, 5) is 0. The van der Waals surface area contributed by atoms with E-state index in [1.165, 1.54) is 6.07 Å². The molecule has 5 nitrogen and oxygen atoms in total. The van der Waals surface area contributed by atoms with E-state index in [0.717, 1.165) is 6.26 Å². The SMILES string of the molecule is NS(=O)(=O)c1cc(C#CCO)co1. The number of primary sulfonamides is 1. The zero-order valence-corrected chi connectivity index (χ0v) is 7.34. The van der Waals surface area contributed by atoms with Crippen molar-refractivity contribution in [2.24, 2.45) is 5.14 Å². The van der Waals surface area contributed by atoms with Crippen LogP contribution in [-0.2, 0) is 10.0 Å². The van der Waals surface area contributed by atoms with E-state index in [1.54, 1.807) is 0 Å². The van der Waals surface area contributed by atoms with Crippen LogP contribution in [0.5, 0.6) is 0 Å². The average Bonchev–Trinajstić information content (AvgIpc) is 2.47. The van der Waals surface area contributed by atoms with E-state index in [9.17, 15) is 8.42 Å². The molecule has 1 aromatic heterocycles. The van der Waals surface area contributed by atoms with Crippen molar-refractivity contribution in [3.8, 4) is 11.8 Å². The molecule has 1 aromatic rings. The van der Waals surface area contributed by atoms with Gasteiger partial charge in [0.05, 0.1) is 5.56 Å². The zero-order valence-electron chi connectivity index (χ0n) is 6.52. The van der Waals surface area contributed by atoms with Gasteiger partial charge in [0.25, 0.3) is 10.0 Å². The van der Waals surface area contributed by atoms with Crippen molar-refractivity contribution in [2.45, 2.75) is 5.09 Å². The second kappa shape index (κ2) is 3.62. The molecule has 0 bridgehead atoms. The van der Waals surface area contributed by atoms with Crippen molar-refractivity contribution in [1.82, 2.24) is 0 Å². The molecule has 0 spiro atoms. The van der Waals surface area contributed by atoms with E-state index in [1.807, 2.05) is 0 Å². The Bertz CT molecular complexity index is 448. The molecule has 0 aromatic carbocycles. The first-order valence-corrected chi connectivity index (χ1v) is 4.80. The normalized spacial score (nSPS) is 10.6. The lowest BCUT2D eigenvalue weighted by molar-refractivity contribution is 0.350. The van der Waals surface area contributed by atoms with Crippen LogP contribution >= 0.6 is 0 Å². The molecule has 0 aliphatic rings. The quantitative estimate of drug-likeness (QED) is 0.586. The highest BCUT2D eigenvalue weighted by atomic mass is 32.2. The van der Waals surface area contributed by atoms with E-state index in [2.05, 4.69) is 16.3 Å². The smallest absolute Gasteiger partial charge is 0.271 e. The molecule has 0 atom stereocenters. The van der Waals surface area contributed by atoms with Crippen LogP contribution < -0.4 is 5.14 Å². The van der Waals surface area contributed by atoms with E-state index in [4.69, 9.17) is 10.2 Å². The zero-order chi connectivity index (χ0) is 9.90. The molecular formula is C7H7NO4S. The highest BCUT2D eigenvalue weighted by molar-refractivity contribution is 7.89. The first-order chi connectivity index (χ1) is 6.04. The van der Waals surface area contributed by atoms with E-state index < -0.39 is 10.0 Å². The highest BCUT2D eigenvalue weighted by Crippen LogP contribution is 2.10. The number of sulfonamides is 1. The topological polar surface area (TPSA) is 93.5 Å². The molecule has 0 saturated carbocycles. The van der Waals surface area contributed by atoms with Gasteiger partial charge in [-0.25, -0.2) is 13.6 Å². The molecule has 6 heteroatoms. The molecule has 1 rings (SSSR count). The highest BCUT2D eigenvalue weighted by Gasteiger charge is 2.11. The number of hydrogen-bond donors (Lipinski definition) is 2. The number of aliphatic hydroxyl groups is 1. The van der Waals surface area contributed by atoms with Crippen molar-refractivity contribution in [1.29, 1.82) is 0 Å². The summed E-state index contributed by atoms with van der Waals surface area (Å²) in [5, 5.41) is 12.8. The molecule has 13 heavy (non-hydrogen) atoms. The second-order valence-corrected chi connectivity index (χ2v) is 3.65. The minimum atomic E-state index is -3.80. The summed E-state index contributed by atoms with van der Waals surface area (Å²) < 4.78 is 26.0. The van der Waals surface area contributed by atoms with E-state index in [-0.39, 0.29) is 11.7 Å². The van der Waals surface area contributed by atoms with Crippen LogP contribution in [0.15, 0.2) is 21.8 Å². The third-order valence-electron chi connectivity index (χ3n) is 1.17. The summed E-state index contributed by atoms with van der Waals surface area (Å²) in [7, 11) is -3.80. The number of hydrogen-bond acceptors (Lipinski definition) is 4. The van der Waals surface area contributed by atoms with Crippen LogP contribution in [0.25, 0.3) is 0 Å². The Morgan fingerprint density at radius 3 is 2.77 bits per heavy atom. The fourth-order valence-electron chi connectivity index (χ4n) is 0.673. The number of nitrogens with two attached hydrogens (primary N) is 1. The Balaban J connectivity index is 3.01. The van der Waals surface area contributed by atoms with Crippen molar-refractivity contribution >= 4 is 10.0 Å². The Morgan fingerprint density at radius 2 is 2.31 bits per heavy atom. The summed E-state index contributed by atoms with van der Waals surface area (Å²) in [6.45, 7) is -0.296. The number of rotatable bonds is 1. The van der Waals surface area contributed by atoms with Gasteiger partial charge < -0.3 is 9.52 Å². The lowest BCUT2D eigenvalue weighted by Gasteiger charge is -1.86. The van der Waals surface area contributed by atoms with Crippen molar-refractivity contribution in [2.75, 3.05) is 6.61 Å². The van der Waals surface area contributed by atoms with Gasteiger partial charge in [0.2, 0.25) is 5.09 Å². The maximum Gasteiger partial charge on any atom is 0.271 e. The first kappa shape index (κ1) is 9.80. The van der Waals surface area contributed by atoms with Crippen LogP contribution in [-0.4, -0.2) is 20.1 Å². The number of furan rings is 1. The van der Waals surface area contributed by atoms with Gasteiger partial charge in [-0.2, -0.15) is 0 Å². The average molecular weight is 201 g/mol. The van der Waals surface area contributed by atoms with Crippen molar-refractivity contribution in [3.63, 3.8) is 0 Å². The molecule has 0 saturated heterocycles. The lowest BCUT2D eigenvalue weighted by atomic mass is 10.3. The van der Waals surface area contributed by atoms with Crippen LogP contribution in [0.2, 0.25) is 0 Å². The molecular weight excluding hydrogens is 194 g/mol. The largest absolute Gasteiger partial charge is 0.450 e. The first-order valence-electron chi connectivity index (χ1n) is 3.25. The molecule has 3 N–H and O–H groups in total. The molecule has 1 heterocycles. The minimum absolute atomic E-state index is 0.296. The molecule has 70 valence electrons. The van der Waals surface area contributed by atoms with Gasteiger partial charge >= 0.3 is 0 Å². The van der Waals surface area contributed by atoms with Gasteiger partial charge in [-0.15, -0.1) is 0 Å². The summed E-state index contributed by atoms with van der Waals surface area (Å²) in [5.41, 5.74) is 0.359. The maximum atomic E-state index is 10.7. The van der Waals surface area contributed by atoms with Gasteiger partial charge in [0.15, 0.2) is 0 Å². The Labute approximate surface area is 75.2 Å². The monoisotopic (exact) mass is 201 g/mol. The predicted octanol–water partition coefficient (Wildman–Crippen LogP) is -0.729. The standard InChI is InChI=1S/C7H7NO4S/c8-13(10,11)7-4-6(5-12-7)2-1-3-9/h4-5,9H,3H2,(H2,8,10,11). The summed E-state index contributed by atoms with van der Waals surface area (Å²) in [5.74, 6) is 4.81. The van der Waals surface area contributed by atoms with E-state index in [0.29, 0.717) is 5.56 Å². The van der Waals surface area contributed by atoms with Gasteiger partial charge in [0.1, 0.15) is 12.9 Å². The summed E-state index contributed by atoms with van der Waals surface area (Å²) in [6.07, 6.45) is 1.16. The van der Waals surface area contributed by atoms with Gasteiger partial charge in [-0.1, -0.05) is 11.8 Å². The third-order valence-corrected chi connectivity index (χ3v) is 1.94. The molecule has 0 amide bonds. The van der Waals surface area contributed by atoms with Crippen LogP contribution in [0.4, 0.5) is 0 Å². The lowest BCUT2D eigenvalue weighted by Crippen LogP contribution is -2.10. The fraction of sp³-hybridized carbons (Fsp3) is 0.143. The Kier molecular flexibility index (Phi) is 2.72. The van der Waals surface area contributed by atoms with Gasteiger partial charge in [-0.3, -0.25) is 0 Å². The van der Waals surface area contributed by atoms with Crippen molar-refractivity contribution in [3.05, 3.63) is 17.9 Å². The maximum absolute atomic E-state index is 10.7. The molecule has 0 radical (unpaired) electrons. The van der Waals surface area contributed by atoms with Crippen molar-refractivity contribution < 1.29 is 17.9 Å². The molecule has 0 unspecified atom stereocenters. The Morgan fingerprint density at radius 1 is 1.62 bits per heavy atom. The third kappa shape index (κ3) is 2.59. The summed E-state index contributed by atoms with van der Waals surface area (Å²) in [6, 6.07) is 1.19. The molecule has 0 aliphatic carbocycles. The fourth-order valence-corrected chi connectivity index (χ4v) is 1.15. The van der Waals surface area contributed by atoms with Crippen LogP contribution in [0, 0.1) is 11.8 Å². The van der Waals surface area contributed by atoms with Crippen LogP contribution in [0.3, 0.4) is 0 Å². The summed E-state index contributed by atoms with van der Waals surface area (Å²) >= 11 is 0. The minimum Gasteiger partial charge on any atom is -0.450 e. The van der Waals surface area contributed by atoms with Crippen LogP contribution in [0.1, 0.15) is 5.56 Å². The van der Waals surface area contributed by atoms with Gasteiger partial charge in [-0.05, 0) is 0 Å². The van der Waals surface area contributed by atoms with E-state index >= 15 is 0 Å². The number of aliphatic hydroxyl groups excluding tert-OH is 1. The molecule has 0 fully saturated rings. The van der Waals surface area contributed by atoms with Gasteiger partial charge in [0, 0.05) is 6.07 Å². The second-order valence-electron chi connectivity index (χ2n) is 2.16. The predicted molar refractivity (Wildman–Crippen MR) is 44.0 cm³/mol.